The first-order valence-electron chi connectivity index (χ1n) is 9.98. The SMILES string of the molecule is COc1ccc2c(c1)C1CC(C)(NC(=O)C1S(=O)(=O)c1ccc(C(C)(C)C)cc1)O2. The summed E-state index contributed by atoms with van der Waals surface area (Å²) in [6.45, 7) is 7.97. The predicted octanol–water partition coefficient (Wildman–Crippen LogP) is 3.55. The van der Waals surface area contributed by atoms with Crippen molar-refractivity contribution in [1.82, 2.24) is 5.32 Å². The maximum absolute atomic E-state index is 13.6. The molecule has 2 aromatic rings. The zero-order valence-corrected chi connectivity index (χ0v) is 18.7. The number of fused-ring (bicyclic) bond motifs is 4. The molecule has 2 aromatic carbocycles. The van der Waals surface area contributed by atoms with E-state index in [1.807, 2.05) is 12.1 Å². The van der Waals surface area contributed by atoms with E-state index in [4.69, 9.17) is 9.47 Å². The molecule has 7 heteroatoms. The lowest BCUT2D eigenvalue weighted by Gasteiger charge is -2.46. The van der Waals surface area contributed by atoms with Gasteiger partial charge >= 0.3 is 0 Å². The summed E-state index contributed by atoms with van der Waals surface area (Å²) in [6.07, 6.45) is 0.364. The van der Waals surface area contributed by atoms with Gasteiger partial charge in [0.05, 0.1) is 12.0 Å². The van der Waals surface area contributed by atoms with Crippen molar-refractivity contribution in [2.24, 2.45) is 0 Å². The molecule has 4 rings (SSSR count). The fourth-order valence-electron chi connectivity index (χ4n) is 4.36. The Labute approximate surface area is 177 Å². The summed E-state index contributed by atoms with van der Waals surface area (Å²) in [5.74, 6) is 0.0902. The molecule has 0 aromatic heterocycles. The standard InChI is InChI=1S/C23H27NO5S/c1-22(2,3)14-6-9-16(10-7-14)30(26,27)20-18-13-23(4,24-21(20)25)29-19-11-8-15(28-5)12-17(18)19/h6-12,18,20H,13H2,1-5H3,(H,24,25). The van der Waals surface area contributed by atoms with Gasteiger partial charge in [-0.05, 0) is 48.2 Å². The third-order valence-electron chi connectivity index (χ3n) is 5.96. The van der Waals surface area contributed by atoms with Gasteiger partial charge in [0.25, 0.3) is 0 Å². The van der Waals surface area contributed by atoms with Gasteiger partial charge < -0.3 is 14.8 Å². The zero-order valence-electron chi connectivity index (χ0n) is 17.9. The highest BCUT2D eigenvalue weighted by Crippen LogP contribution is 2.48. The Hall–Kier alpha value is -2.54. The predicted molar refractivity (Wildman–Crippen MR) is 114 cm³/mol. The largest absolute Gasteiger partial charge is 0.497 e. The van der Waals surface area contributed by atoms with E-state index in [1.54, 1.807) is 44.4 Å². The van der Waals surface area contributed by atoms with Crippen molar-refractivity contribution in [1.29, 1.82) is 0 Å². The van der Waals surface area contributed by atoms with Crippen LogP contribution in [0.15, 0.2) is 47.4 Å². The van der Waals surface area contributed by atoms with Gasteiger partial charge in [0.2, 0.25) is 5.91 Å². The molecule has 1 amide bonds. The lowest BCUT2D eigenvalue weighted by Crippen LogP contribution is -2.63. The highest BCUT2D eigenvalue weighted by Gasteiger charge is 2.54. The molecule has 3 unspecified atom stereocenters. The monoisotopic (exact) mass is 429 g/mol. The number of hydrogen-bond donors (Lipinski definition) is 1. The van der Waals surface area contributed by atoms with Crippen molar-refractivity contribution in [3.63, 3.8) is 0 Å². The van der Waals surface area contributed by atoms with E-state index >= 15 is 0 Å². The topological polar surface area (TPSA) is 81.7 Å². The van der Waals surface area contributed by atoms with E-state index in [1.165, 1.54) is 0 Å². The van der Waals surface area contributed by atoms with Crippen LogP contribution in [0.2, 0.25) is 0 Å². The Balaban J connectivity index is 1.80. The maximum atomic E-state index is 13.6. The summed E-state index contributed by atoms with van der Waals surface area (Å²) in [6, 6.07) is 12.1. The molecule has 6 nitrogen and oxygen atoms in total. The van der Waals surface area contributed by atoms with Crippen molar-refractivity contribution in [2.45, 2.75) is 61.3 Å². The summed E-state index contributed by atoms with van der Waals surface area (Å²) >= 11 is 0. The Bertz CT molecular complexity index is 1100. The molecule has 2 aliphatic rings. The van der Waals surface area contributed by atoms with Crippen molar-refractivity contribution in [3.05, 3.63) is 53.6 Å². The van der Waals surface area contributed by atoms with E-state index in [-0.39, 0.29) is 10.3 Å². The first kappa shape index (κ1) is 20.7. The maximum Gasteiger partial charge on any atom is 0.242 e. The minimum atomic E-state index is -3.92. The average molecular weight is 430 g/mol. The summed E-state index contributed by atoms with van der Waals surface area (Å²) in [4.78, 5) is 13.2. The van der Waals surface area contributed by atoms with Gasteiger partial charge in [0, 0.05) is 17.9 Å². The summed E-state index contributed by atoms with van der Waals surface area (Å²) in [5.41, 5.74) is 0.679. The van der Waals surface area contributed by atoms with Gasteiger partial charge in [0.1, 0.15) is 11.5 Å². The summed E-state index contributed by atoms with van der Waals surface area (Å²) < 4.78 is 38.5. The van der Waals surface area contributed by atoms with Crippen LogP contribution in [-0.4, -0.2) is 32.4 Å². The van der Waals surface area contributed by atoms with Crippen molar-refractivity contribution in [3.8, 4) is 11.5 Å². The minimum Gasteiger partial charge on any atom is -0.497 e. The van der Waals surface area contributed by atoms with Crippen molar-refractivity contribution < 1.29 is 22.7 Å². The average Bonchev–Trinajstić information content (AvgIpc) is 2.66. The number of methoxy groups -OCH3 is 1. The molecule has 1 fully saturated rings. The highest BCUT2D eigenvalue weighted by atomic mass is 32.2. The van der Waals surface area contributed by atoms with E-state index < -0.39 is 32.6 Å². The Kier molecular flexibility index (Phi) is 4.65. The number of sulfone groups is 1. The van der Waals surface area contributed by atoms with Crippen LogP contribution >= 0.6 is 0 Å². The van der Waals surface area contributed by atoms with E-state index in [0.29, 0.717) is 23.5 Å². The Morgan fingerprint density at radius 1 is 1.13 bits per heavy atom. The summed E-state index contributed by atoms with van der Waals surface area (Å²) in [7, 11) is -2.37. The van der Waals surface area contributed by atoms with Crippen LogP contribution in [0.3, 0.4) is 0 Å². The zero-order chi connectivity index (χ0) is 21.9. The third-order valence-corrected chi connectivity index (χ3v) is 8.10. The van der Waals surface area contributed by atoms with Crippen LogP contribution in [-0.2, 0) is 20.0 Å². The van der Waals surface area contributed by atoms with Gasteiger partial charge in [-0.2, -0.15) is 0 Å². The molecular weight excluding hydrogens is 402 g/mol. The second-order valence-electron chi connectivity index (χ2n) is 9.28. The molecule has 30 heavy (non-hydrogen) atoms. The number of piperidine rings is 1. The van der Waals surface area contributed by atoms with Crippen molar-refractivity contribution >= 4 is 15.7 Å². The normalized spacial score (nSPS) is 25.7. The molecule has 2 heterocycles. The minimum absolute atomic E-state index is 0.0947. The molecule has 1 saturated heterocycles. The highest BCUT2D eigenvalue weighted by molar-refractivity contribution is 7.92. The second-order valence-corrected chi connectivity index (χ2v) is 11.3. The van der Waals surface area contributed by atoms with Gasteiger partial charge in [-0.1, -0.05) is 32.9 Å². The van der Waals surface area contributed by atoms with E-state index in [2.05, 4.69) is 26.1 Å². The first-order chi connectivity index (χ1) is 13.9. The van der Waals surface area contributed by atoms with Gasteiger partial charge in [-0.15, -0.1) is 0 Å². The molecule has 2 bridgehead atoms. The van der Waals surface area contributed by atoms with Crippen LogP contribution < -0.4 is 14.8 Å². The number of nitrogens with one attached hydrogen (secondary N) is 1. The molecular formula is C23H27NO5S. The molecule has 160 valence electrons. The smallest absolute Gasteiger partial charge is 0.242 e. The Morgan fingerprint density at radius 3 is 2.40 bits per heavy atom. The van der Waals surface area contributed by atoms with E-state index in [9.17, 15) is 13.2 Å². The molecule has 1 N–H and O–H groups in total. The van der Waals surface area contributed by atoms with Gasteiger partial charge in [0.15, 0.2) is 20.8 Å². The number of carbonyl (C=O) groups is 1. The molecule has 0 aliphatic carbocycles. The first-order valence-corrected chi connectivity index (χ1v) is 11.5. The van der Waals surface area contributed by atoms with Crippen LogP contribution in [0, 0.1) is 0 Å². The Morgan fingerprint density at radius 2 is 1.80 bits per heavy atom. The molecule has 2 aliphatic heterocycles. The van der Waals surface area contributed by atoms with Crippen LogP contribution in [0.1, 0.15) is 51.2 Å². The van der Waals surface area contributed by atoms with Crippen LogP contribution in [0.25, 0.3) is 0 Å². The number of amides is 1. The lowest BCUT2D eigenvalue weighted by molar-refractivity contribution is -0.132. The second kappa shape index (κ2) is 6.74. The molecule has 0 spiro atoms. The number of benzene rings is 2. The molecule has 0 saturated carbocycles. The lowest BCUT2D eigenvalue weighted by atomic mass is 9.81. The number of hydrogen-bond acceptors (Lipinski definition) is 5. The number of ether oxygens (including phenoxy) is 2. The van der Waals surface area contributed by atoms with E-state index in [0.717, 1.165) is 5.56 Å². The third kappa shape index (κ3) is 3.35. The quantitative estimate of drug-likeness (QED) is 0.807. The van der Waals surface area contributed by atoms with Crippen LogP contribution in [0.4, 0.5) is 0 Å². The number of rotatable bonds is 3. The van der Waals surface area contributed by atoms with Crippen molar-refractivity contribution in [2.75, 3.05) is 7.11 Å². The molecule has 3 atom stereocenters. The fourth-order valence-corrected chi connectivity index (χ4v) is 6.18. The van der Waals surface area contributed by atoms with Crippen LogP contribution in [0.5, 0.6) is 11.5 Å². The molecule has 0 radical (unpaired) electrons. The number of carbonyl (C=O) groups excluding carboxylic acids is 1. The van der Waals surface area contributed by atoms with Gasteiger partial charge in [-0.3, -0.25) is 4.79 Å². The summed E-state index contributed by atoms with van der Waals surface area (Å²) in [5, 5.41) is 1.55. The fraction of sp³-hybridized carbons (Fsp3) is 0.435. The van der Waals surface area contributed by atoms with Gasteiger partial charge in [-0.25, -0.2) is 8.42 Å².